The number of aryl methyl sites for hydroxylation is 1. The number of halogens is 1. The van der Waals surface area contributed by atoms with E-state index in [-0.39, 0.29) is 32.2 Å². The standard InChI is InChI=1S/C14H19FN8O3S/c15-27(25,26)22-6-4-20(5-7-22)14(24)17-11-8-16-21(9-11)10-13-19-18-12-2-1-3-23(12)13/h8-9H,1-7,10H2,(H,17,24). The molecule has 13 heteroatoms. The van der Waals surface area contributed by atoms with Gasteiger partial charge in [-0.3, -0.25) is 4.68 Å². The fourth-order valence-electron chi connectivity index (χ4n) is 3.30. The summed E-state index contributed by atoms with van der Waals surface area (Å²) in [5.74, 6) is 1.81. The van der Waals surface area contributed by atoms with Crippen molar-refractivity contribution in [1.29, 1.82) is 0 Å². The van der Waals surface area contributed by atoms with Crippen LogP contribution in [-0.2, 0) is 29.9 Å². The van der Waals surface area contributed by atoms with Gasteiger partial charge in [0.05, 0.1) is 11.9 Å². The first-order chi connectivity index (χ1) is 12.9. The van der Waals surface area contributed by atoms with Crippen molar-refractivity contribution in [3.05, 3.63) is 24.0 Å². The molecule has 27 heavy (non-hydrogen) atoms. The van der Waals surface area contributed by atoms with E-state index in [0.29, 0.717) is 16.5 Å². The molecular weight excluding hydrogens is 379 g/mol. The lowest BCUT2D eigenvalue weighted by Gasteiger charge is -2.31. The molecule has 0 aliphatic carbocycles. The average molecular weight is 398 g/mol. The Morgan fingerprint density at radius 3 is 2.70 bits per heavy atom. The second-order valence-corrected chi connectivity index (χ2v) is 7.81. The van der Waals surface area contributed by atoms with E-state index in [4.69, 9.17) is 0 Å². The Hall–Kier alpha value is -2.54. The molecule has 0 atom stereocenters. The molecule has 0 unspecified atom stereocenters. The van der Waals surface area contributed by atoms with Crippen LogP contribution in [0.2, 0.25) is 0 Å². The number of anilines is 1. The average Bonchev–Trinajstić information content (AvgIpc) is 3.34. The molecule has 0 saturated carbocycles. The number of amides is 2. The van der Waals surface area contributed by atoms with Gasteiger partial charge in [-0.2, -0.15) is 17.8 Å². The van der Waals surface area contributed by atoms with Crippen molar-refractivity contribution >= 4 is 22.1 Å². The zero-order chi connectivity index (χ0) is 19.0. The largest absolute Gasteiger partial charge is 0.374 e. The summed E-state index contributed by atoms with van der Waals surface area (Å²) < 4.78 is 39.2. The van der Waals surface area contributed by atoms with Crippen LogP contribution in [0.5, 0.6) is 0 Å². The molecule has 1 N–H and O–H groups in total. The molecule has 0 radical (unpaired) electrons. The van der Waals surface area contributed by atoms with Gasteiger partial charge in [-0.15, -0.1) is 10.2 Å². The molecule has 0 spiro atoms. The van der Waals surface area contributed by atoms with Crippen LogP contribution in [0, 0.1) is 0 Å². The van der Waals surface area contributed by atoms with E-state index in [2.05, 4.69) is 25.2 Å². The van der Waals surface area contributed by atoms with Crippen LogP contribution in [0.3, 0.4) is 0 Å². The Kier molecular flexibility index (Phi) is 4.55. The van der Waals surface area contributed by atoms with Crippen LogP contribution in [0.4, 0.5) is 14.4 Å². The van der Waals surface area contributed by atoms with Crippen LogP contribution in [0.1, 0.15) is 18.1 Å². The topological polar surface area (TPSA) is 118 Å². The number of hydrogen-bond acceptors (Lipinski definition) is 6. The Morgan fingerprint density at radius 1 is 1.19 bits per heavy atom. The number of carbonyl (C=O) groups excluding carboxylic acids is 1. The van der Waals surface area contributed by atoms with E-state index >= 15 is 0 Å². The fourth-order valence-corrected chi connectivity index (χ4v) is 3.90. The third kappa shape index (κ3) is 3.78. The number of nitrogens with one attached hydrogen (secondary N) is 1. The summed E-state index contributed by atoms with van der Waals surface area (Å²) in [7, 11) is -4.71. The first-order valence-corrected chi connectivity index (χ1v) is 9.93. The van der Waals surface area contributed by atoms with Crippen molar-refractivity contribution in [2.45, 2.75) is 25.9 Å². The number of carbonyl (C=O) groups is 1. The third-order valence-electron chi connectivity index (χ3n) is 4.71. The zero-order valence-electron chi connectivity index (χ0n) is 14.5. The maximum absolute atomic E-state index is 12.9. The summed E-state index contributed by atoms with van der Waals surface area (Å²) in [6.07, 6.45) is 5.22. The molecule has 2 aliphatic heterocycles. The van der Waals surface area contributed by atoms with Crippen molar-refractivity contribution < 1.29 is 17.1 Å². The lowest BCUT2D eigenvalue weighted by atomic mass is 10.4. The molecule has 0 bridgehead atoms. The molecular formula is C14H19FN8O3S. The zero-order valence-corrected chi connectivity index (χ0v) is 15.3. The van der Waals surface area contributed by atoms with E-state index in [1.54, 1.807) is 10.9 Å². The van der Waals surface area contributed by atoms with Gasteiger partial charge in [0.15, 0.2) is 5.82 Å². The minimum Gasteiger partial charge on any atom is -0.322 e. The van der Waals surface area contributed by atoms with Gasteiger partial charge in [0.1, 0.15) is 12.4 Å². The van der Waals surface area contributed by atoms with Gasteiger partial charge in [0.25, 0.3) is 0 Å². The summed E-state index contributed by atoms with van der Waals surface area (Å²) in [5.41, 5.74) is 0.515. The van der Waals surface area contributed by atoms with Gasteiger partial charge in [0.2, 0.25) is 0 Å². The fraction of sp³-hybridized carbons (Fsp3) is 0.571. The first kappa shape index (κ1) is 17.9. The predicted octanol–water partition coefficient (Wildman–Crippen LogP) is -0.167. The van der Waals surface area contributed by atoms with Crippen LogP contribution >= 0.6 is 0 Å². The van der Waals surface area contributed by atoms with Gasteiger partial charge < -0.3 is 14.8 Å². The van der Waals surface area contributed by atoms with E-state index in [1.807, 2.05) is 0 Å². The normalized spacial score (nSPS) is 17.9. The molecule has 0 aromatic carbocycles. The molecule has 2 aliphatic rings. The highest BCUT2D eigenvalue weighted by atomic mass is 32.3. The van der Waals surface area contributed by atoms with Gasteiger partial charge in [-0.25, -0.2) is 4.79 Å². The molecule has 2 amide bonds. The molecule has 146 valence electrons. The summed E-state index contributed by atoms with van der Waals surface area (Å²) in [5, 5.41) is 15.3. The van der Waals surface area contributed by atoms with Gasteiger partial charge in [-0.1, -0.05) is 3.89 Å². The summed E-state index contributed by atoms with van der Waals surface area (Å²) in [4.78, 5) is 13.7. The summed E-state index contributed by atoms with van der Waals surface area (Å²) >= 11 is 0. The quantitative estimate of drug-likeness (QED) is 0.715. The number of rotatable bonds is 4. The van der Waals surface area contributed by atoms with Gasteiger partial charge in [0, 0.05) is 45.3 Å². The molecule has 2 aromatic heterocycles. The van der Waals surface area contributed by atoms with Crippen LogP contribution in [-0.4, -0.2) is 74.4 Å². The number of urea groups is 1. The van der Waals surface area contributed by atoms with E-state index in [1.165, 1.54) is 11.1 Å². The lowest BCUT2D eigenvalue weighted by molar-refractivity contribution is 0.182. The maximum Gasteiger partial charge on any atom is 0.374 e. The van der Waals surface area contributed by atoms with Crippen molar-refractivity contribution in [2.24, 2.45) is 0 Å². The Labute approximate surface area is 155 Å². The molecule has 1 saturated heterocycles. The molecule has 2 aromatic rings. The van der Waals surface area contributed by atoms with Crippen molar-refractivity contribution in [2.75, 3.05) is 31.5 Å². The molecule has 4 heterocycles. The van der Waals surface area contributed by atoms with Crippen molar-refractivity contribution in [3.8, 4) is 0 Å². The van der Waals surface area contributed by atoms with Crippen LogP contribution in [0.25, 0.3) is 0 Å². The summed E-state index contributed by atoms with van der Waals surface area (Å²) in [6.45, 7) is 1.47. The Bertz CT molecular complexity index is 947. The van der Waals surface area contributed by atoms with Crippen LogP contribution < -0.4 is 5.32 Å². The number of aromatic nitrogens is 5. The minimum atomic E-state index is -4.71. The predicted molar refractivity (Wildman–Crippen MR) is 91.9 cm³/mol. The first-order valence-electron chi connectivity index (χ1n) is 8.59. The number of hydrogen-bond donors (Lipinski definition) is 1. The third-order valence-corrected chi connectivity index (χ3v) is 5.69. The Balaban J connectivity index is 1.33. The van der Waals surface area contributed by atoms with E-state index < -0.39 is 10.4 Å². The van der Waals surface area contributed by atoms with Gasteiger partial charge >= 0.3 is 16.4 Å². The van der Waals surface area contributed by atoms with Crippen LogP contribution in [0.15, 0.2) is 12.4 Å². The monoisotopic (exact) mass is 398 g/mol. The smallest absolute Gasteiger partial charge is 0.322 e. The minimum absolute atomic E-state index is 0.0660. The molecule has 11 nitrogen and oxygen atoms in total. The maximum atomic E-state index is 12.9. The second-order valence-electron chi connectivity index (χ2n) is 6.47. The number of nitrogens with zero attached hydrogens (tertiary/aromatic N) is 7. The van der Waals surface area contributed by atoms with E-state index in [0.717, 1.165) is 31.0 Å². The highest BCUT2D eigenvalue weighted by Gasteiger charge is 2.28. The summed E-state index contributed by atoms with van der Waals surface area (Å²) in [6, 6.07) is -0.381. The van der Waals surface area contributed by atoms with Crippen molar-refractivity contribution in [1.82, 2.24) is 33.8 Å². The second kappa shape index (κ2) is 6.88. The SMILES string of the molecule is O=C(Nc1cnn(Cc2nnc3n2CCC3)c1)N1CCN(S(=O)(=O)F)CC1. The lowest BCUT2D eigenvalue weighted by Crippen LogP contribution is -2.50. The van der Waals surface area contributed by atoms with E-state index in [9.17, 15) is 17.1 Å². The Morgan fingerprint density at radius 2 is 1.96 bits per heavy atom. The van der Waals surface area contributed by atoms with Crippen molar-refractivity contribution in [3.63, 3.8) is 0 Å². The highest BCUT2D eigenvalue weighted by molar-refractivity contribution is 7.83. The molecule has 1 fully saturated rings. The number of fused-ring (bicyclic) bond motifs is 1. The van der Waals surface area contributed by atoms with Gasteiger partial charge in [-0.05, 0) is 6.42 Å². The molecule has 4 rings (SSSR count). The number of piperazine rings is 1. The highest BCUT2D eigenvalue weighted by Crippen LogP contribution is 2.16.